The van der Waals surface area contributed by atoms with Gasteiger partial charge in [-0.05, 0) is 30.7 Å². The van der Waals surface area contributed by atoms with Crippen LogP contribution >= 0.6 is 0 Å². The molecule has 1 aromatic rings. The maximum atomic E-state index is 11.9. The van der Waals surface area contributed by atoms with Gasteiger partial charge in [0.15, 0.2) is 0 Å². The van der Waals surface area contributed by atoms with E-state index in [0.717, 1.165) is 25.7 Å². The lowest BCUT2D eigenvalue weighted by atomic mass is 10.2. The number of ether oxygens (including phenoxy) is 1. The van der Waals surface area contributed by atoms with E-state index in [2.05, 4.69) is 11.6 Å². The fraction of sp³-hybridized carbons (Fsp3) is 0.462. The Morgan fingerprint density at radius 2 is 1.83 bits per heavy atom. The maximum Gasteiger partial charge on any atom is 0.240 e. The van der Waals surface area contributed by atoms with Gasteiger partial charge in [0.05, 0.1) is 12.0 Å². The van der Waals surface area contributed by atoms with E-state index in [4.69, 9.17) is 4.74 Å². The molecule has 0 bridgehead atoms. The summed E-state index contributed by atoms with van der Waals surface area (Å²) in [6.45, 7) is 4.21. The second-order valence-electron chi connectivity index (χ2n) is 3.99. The summed E-state index contributed by atoms with van der Waals surface area (Å²) >= 11 is 0. The normalized spacial score (nSPS) is 11.4. The average molecular weight is 270 g/mol. The lowest BCUT2D eigenvalue weighted by Gasteiger charge is -2.07. The van der Waals surface area contributed by atoms with Gasteiger partial charge in [-0.15, -0.1) is 0 Å². The second kappa shape index (κ2) is 7.38. The Balaban J connectivity index is 2.51. The lowest BCUT2D eigenvalue weighted by Crippen LogP contribution is -2.24. The molecule has 0 aliphatic rings. The molecule has 0 heterocycles. The number of hydrogen-bond acceptors (Lipinski definition) is 3. The molecule has 0 saturated carbocycles. The van der Waals surface area contributed by atoms with Crippen molar-refractivity contribution in [2.24, 2.45) is 0 Å². The molecular weight excluding hydrogens is 250 g/mol. The minimum atomic E-state index is -3.39. The van der Waals surface area contributed by atoms with Crippen molar-refractivity contribution in [3.63, 3.8) is 0 Å². The van der Waals surface area contributed by atoms with Crippen molar-refractivity contribution in [1.82, 2.24) is 4.72 Å². The zero-order valence-corrected chi connectivity index (χ0v) is 11.5. The molecule has 1 rings (SSSR count). The van der Waals surface area contributed by atoms with E-state index in [1.54, 1.807) is 19.2 Å². The number of methoxy groups -OCH3 is 1. The van der Waals surface area contributed by atoms with Gasteiger partial charge < -0.3 is 4.74 Å². The first-order valence-electron chi connectivity index (χ1n) is 6.03. The van der Waals surface area contributed by atoms with Crippen LogP contribution in [0.25, 0.3) is 0 Å². The molecule has 4 nitrogen and oxygen atoms in total. The van der Waals surface area contributed by atoms with Gasteiger partial charge in [-0.3, -0.25) is 0 Å². The number of nitrogens with one attached hydrogen (secondary N) is 1. The highest BCUT2D eigenvalue weighted by molar-refractivity contribution is 7.89. The van der Waals surface area contributed by atoms with Crippen molar-refractivity contribution in [2.75, 3.05) is 13.7 Å². The molecule has 101 valence electrons. The Morgan fingerprint density at radius 3 is 2.39 bits per heavy atom. The monoisotopic (exact) mass is 270 g/mol. The predicted molar refractivity (Wildman–Crippen MR) is 72.0 cm³/mol. The van der Waals surface area contributed by atoms with Crippen molar-refractivity contribution >= 4 is 10.0 Å². The van der Waals surface area contributed by atoms with Crippen LogP contribution in [0, 0.1) is 6.92 Å². The largest absolute Gasteiger partial charge is 0.497 e. The summed E-state index contributed by atoms with van der Waals surface area (Å²) in [5, 5.41) is 0. The Hall–Kier alpha value is -1.07. The molecule has 0 aliphatic carbocycles. The summed E-state index contributed by atoms with van der Waals surface area (Å²) in [5.41, 5.74) is 0. The third-order valence-corrected chi connectivity index (χ3v) is 4.07. The summed E-state index contributed by atoms with van der Waals surface area (Å²) in [4.78, 5) is 0.264. The van der Waals surface area contributed by atoms with Crippen molar-refractivity contribution in [1.29, 1.82) is 0 Å². The van der Waals surface area contributed by atoms with Crippen molar-refractivity contribution < 1.29 is 13.2 Å². The van der Waals surface area contributed by atoms with Crippen molar-refractivity contribution in [2.45, 2.75) is 30.6 Å². The predicted octanol–water partition coefficient (Wildman–Crippen LogP) is 2.37. The quantitative estimate of drug-likeness (QED) is 0.738. The molecule has 1 aromatic carbocycles. The van der Waals surface area contributed by atoms with Crippen LogP contribution in [-0.2, 0) is 10.0 Å². The average Bonchev–Trinajstić information content (AvgIpc) is 2.38. The van der Waals surface area contributed by atoms with E-state index < -0.39 is 10.0 Å². The number of sulfonamides is 1. The zero-order valence-electron chi connectivity index (χ0n) is 10.7. The van der Waals surface area contributed by atoms with Gasteiger partial charge in [-0.25, -0.2) is 13.1 Å². The van der Waals surface area contributed by atoms with Crippen LogP contribution in [0.1, 0.15) is 25.7 Å². The standard InChI is InChI=1S/C13H20NO3S/c1-3-4-5-6-11-14-18(15,16)13-9-7-12(17-2)8-10-13/h7-10,14H,1,3-6,11H2,2H3. The van der Waals surface area contributed by atoms with Crippen molar-refractivity contribution in [3.05, 3.63) is 31.2 Å². The molecule has 0 amide bonds. The molecule has 0 aliphatic heterocycles. The van der Waals surface area contributed by atoms with Gasteiger partial charge in [-0.2, -0.15) is 0 Å². The molecule has 0 saturated heterocycles. The maximum absolute atomic E-state index is 11.9. The molecule has 0 spiro atoms. The first kappa shape index (κ1) is 15.0. The number of benzene rings is 1. The third kappa shape index (κ3) is 4.66. The topological polar surface area (TPSA) is 55.4 Å². The molecule has 5 heteroatoms. The van der Waals surface area contributed by atoms with Crippen LogP contribution in [0.5, 0.6) is 5.75 Å². The molecule has 18 heavy (non-hydrogen) atoms. The smallest absolute Gasteiger partial charge is 0.240 e. The summed E-state index contributed by atoms with van der Waals surface area (Å²) in [6, 6.07) is 6.35. The van der Waals surface area contributed by atoms with E-state index in [9.17, 15) is 8.42 Å². The van der Waals surface area contributed by atoms with E-state index in [1.165, 1.54) is 12.1 Å². The first-order chi connectivity index (χ1) is 8.60. The van der Waals surface area contributed by atoms with Crippen LogP contribution in [0.2, 0.25) is 0 Å². The SMILES string of the molecule is [CH2]CCCCCNS(=O)(=O)c1ccc(OC)cc1. The van der Waals surface area contributed by atoms with Crippen LogP contribution in [0.15, 0.2) is 29.2 Å². The van der Waals surface area contributed by atoms with Crippen molar-refractivity contribution in [3.8, 4) is 5.75 Å². The molecule has 0 unspecified atom stereocenters. The molecule has 1 N–H and O–H groups in total. The lowest BCUT2D eigenvalue weighted by molar-refractivity contribution is 0.414. The Morgan fingerprint density at radius 1 is 1.17 bits per heavy atom. The molecule has 1 radical (unpaired) electrons. The van der Waals surface area contributed by atoms with E-state index in [1.807, 2.05) is 0 Å². The Kier molecular flexibility index (Phi) is 6.15. The van der Waals surface area contributed by atoms with Crippen LogP contribution in [0.4, 0.5) is 0 Å². The molecule has 0 fully saturated rings. The van der Waals surface area contributed by atoms with Gasteiger partial charge in [0, 0.05) is 6.54 Å². The number of rotatable bonds is 8. The van der Waals surface area contributed by atoms with Crippen LogP contribution in [0.3, 0.4) is 0 Å². The fourth-order valence-electron chi connectivity index (χ4n) is 1.52. The van der Waals surface area contributed by atoms with E-state index >= 15 is 0 Å². The van der Waals surface area contributed by atoms with Crippen LogP contribution < -0.4 is 9.46 Å². The number of hydrogen-bond donors (Lipinski definition) is 1. The van der Waals surface area contributed by atoms with Gasteiger partial charge in [0.2, 0.25) is 10.0 Å². The second-order valence-corrected chi connectivity index (χ2v) is 5.75. The molecule has 0 aromatic heterocycles. The summed E-state index contributed by atoms with van der Waals surface area (Å²) < 4.78 is 31.4. The van der Waals surface area contributed by atoms with Crippen LogP contribution in [-0.4, -0.2) is 22.1 Å². The summed E-state index contributed by atoms with van der Waals surface area (Å²) in [6.07, 6.45) is 3.76. The number of unbranched alkanes of at least 4 members (excludes halogenated alkanes) is 3. The highest BCUT2D eigenvalue weighted by Gasteiger charge is 2.12. The molecular formula is C13H20NO3S. The Bertz CT molecular complexity index is 440. The third-order valence-electron chi connectivity index (χ3n) is 2.59. The minimum Gasteiger partial charge on any atom is -0.497 e. The first-order valence-corrected chi connectivity index (χ1v) is 7.51. The van der Waals surface area contributed by atoms with E-state index in [0.29, 0.717) is 12.3 Å². The molecule has 0 atom stereocenters. The summed E-state index contributed by atoms with van der Waals surface area (Å²) in [5.74, 6) is 0.643. The van der Waals surface area contributed by atoms with Gasteiger partial charge in [-0.1, -0.05) is 26.2 Å². The highest BCUT2D eigenvalue weighted by atomic mass is 32.2. The Labute approximate surface area is 109 Å². The minimum absolute atomic E-state index is 0.264. The fourth-order valence-corrected chi connectivity index (χ4v) is 2.60. The van der Waals surface area contributed by atoms with E-state index in [-0.39, 0.29) is 4.90 Å². The zero-order chi connectivity index (χ0) is 13.4. The summed E-state index contributed by atoms with van der Waals surface area (Å²) in [7, 11) is -1.85. The van der Waals surface area contributed by atoms with Gasteiger partial charge in [0.25, 0.3) is 0 Å². The highest BCUT2D eigenvalue weighted by Crippen LogP contribution is 2.15. The van der Waals surface area contributed by atoms with Gasteiger partial charge >= 0.3 is 0 Å². The van der Waals surface area contributed by atoms with Gasteiger partial charge in [0.1, 0.15) is 5.75 Å².